The lowest BCUT2D eigenvalue weighted by molar-refractivity contribution is 0.147. The van der Waals surface area contributed by atoms with E-state index in [1.807, 2.05) is 0 Å². The maximum Gasteiger partial charge on any atom is 0.211 e. The molecule has 2 atom stereocenters. The van der Waals surface area contributed by atoms with Crippen LogP contribution >= 0.6 is 12.8 Å². The number of nitrogens with one attached hydrogen (secondary N) is 2. The van der Waals surface area contributed by atoms with Crippen molar-refractivity contribution in [2.24, 2.45) is 0 Å². The molecule has 2 unspecified atom stereocenters. The van der Waals surface area contributed by atoms with Gasteiger partial charge >= 0.3 is 0 Å². The van der Waals surface area contributed by atoms with Crippen LogP contribution in [0.1, 0.15) is 43.9 Å². The van der Waals surface area contributed by atoms with Gasteiger partial charge in [0.2, 0.25) is 5.88 Å². The molecule has 6 heteroatoms. The highest BCUT2D eigenvalue weighted by Crippen LogP contribution is 2.33. The molecular weight excluding hydrogens is 368 g/mol. The first-order valence-electron chi connectivity index (χ1n) is 10.4. The van der Waals surface area contributed by atoms with Crippen LogP contribution in [0.5, 0.6) is 0 Å². The van der Waals surface area contributed by atoms with Gasteiger partial charge in [-0.1, -0.05) is 57.0 Å². The summed E-state index contributed by atoms with van der Waals surface area (Å²) in [4.78, 5) is 2.55. The average molecular weight is 401 g/mol. The Morgan fingerprint density at radius 3 is 2.89 bits per heavy atom. The van der Waals surface area contributed by atoms with E-state index < -0.39 is 0 Å². The quantitative estimate of drug-likeness (QED) is 0.678. The molecule has 0 saturated carbocycles. The van der Waals surface area contributed by atoms with Gasteiger partial charge in [-0.15, -0.1) is 0 Å². The molecule has 1 aromatic rings. The standard InChI is InChI=1S/C22H32N4OS/c1-15(2)18-6-4-5-7-19(18)20-14-25(9-10-26(20)28)13-17-12-16(3)24-22-21(17)23-8-11-27-22/h4-7,12,15-16,20,23-24,28H,8-11,13-14H2,1-3H3. The molecule has 0 bridgehead atoms. The Labute approximate surface area is 174 Å². The fourth-order valence-electron chi connectivity index (χ4n) is 4.43. The lowest BCUT2D eigenvalue weighted by Gasteiger charge is -2.41. The second-order valence-electron chi connectivity index (χ2n) is 8.30. The number of rotatable bonds is 4. The summed E-state index contributed by atoms with van der Waals surface area (Å²) < 4.78 is 8.06. The van der Waals surface area contributed by atoms with E-state index in [9.17, 15) is 0 Å². The molecule has 5 nitrogen and oxygen atoms in total. The molecule has 4 rings (SSSR count). The third-order valence-corrected chi connectivity index (χ3v) is 6.29. The minimum atomic E-state index is 0.289. The van der Waals surface area contributed by atoms with Gasteiger partial charge in [0.25, 0.3) is 0 Å². The Morgan fingerprint density at radius 2 is 2.07 bits per heavy atom. The maximum atomic E-state index is 5.85. The summed E-state index contributed by atoms with van der Waals surface area (Å²) >= 11 is 4.82. The normalized spacial score (nSPS) is 26.2. The molecule has 3 aliphatic heterocycles. The largest absolute Gasteiger partial charge is 0.476 e. The van der Waals surface area contributed by atoms with Crippen LogP contribution in [0.25, 0.3) is 0 Å². The highest BCUT2D eigenvalue weighted by molar-refractivity contribution is 7.77. The van der Waals surface area contributed by atoms with Crippen molar-refractivity contribution in [2.45, 2.75) is 38.8 Å². The van der Waals surface area contributed by atoms with Crippen LogP contribution in [-0.2, 0) is 4.74 Å². The summed E-state index contributed by atoms with van der Waals surface area (Å²) in [6.45, 7) is 12.2. The minimum absolute atomic E-state index is 0.289. The molecule has 0 radical (unpaired) electrons. The van der Waals surface area contributed by atoms with Gasteiger partial charge in [0.1, 0.15) is 6.61 Å². The summed E-state index contributed by atoms with van der Waals surface area (Å²) in [6.07, 6.45) is 2.32. The Morgan fingerprint density at radius 1 is 1.25 bits per heavy atom. The van der Waals surface area contributed by atoms with Gasteiger partial charge in [0, 0.05) is 38.8 Å². The number of nitrogens with zero attached hydrogens (tertiary/aromatic N) is 2. The molecule has 1 saturated heterocycles. The average Bonchev–Trinajstić information content (AvgIpc) is 2.69. The number of ether oxygens (including phenoxy) is 1. The Balaban J connectivity index is 1.53. The van der Waals surface area contributed by atoms with Gasteiger partial charge in [-0.3, -0.25) is 4.90 Å². The second-order valence-corrected chi connectivity index (χ2v) is 8.82. The summed E-state index contributed by atoms with van der Waals surface area (Å²) in [6, 6.07) is 9.43. The van der Waals surface area contributed by atoms with Crippen molar-refractivity contribution in [1.29, 1.82) is 0 Å². The van der Waals surface area contributed by atoms with Crippen LogP contribution in [-0.4, -0.2) is 54.6 Å². The molecule has 2 N–H and O–H groups in total. The highest BCUT2D eigenvalue weighted by Gasteiger charge is 2.31. The van der Waals surface area contributed by atoms with Crippen LogP contribution in [0.15, 0.2) is 47.5 Å². The molecule has 3 heterocycles. The predicted molar refractivity (Wildman–Crippen MR) is 117 cm³/mol. The molecule has 0 amide bonds. The number of hydrogen-bond donors (Lipinski definition) is 3. The van der Waals surface area contributed by atoms with Crippen LogP contribution in [0, 0.1) is 0 Å². The van der Waals surface area contributed by atoms with Gasteiger partial charge in [0.05, 0.1) is 11.7 Å². The topological polar surface area (TPSA) is 39.8 Å². The first-order chi connectivity index (χ1) is 13.5. The lowest BCUT2D eigenvalue weighted by atomic mass is 9.91. The van der Waals surface area contributed by atoms with Gasteiger partial charge in [0.15, 0.2) is 0 Å². The zero-order valence-corrected chi connectivity index (χ0v) is 18.0. The van der Waals surface area contributed by atoms with E-state index in [1.165, 1.54) is 16.7 Å². The maximum absolute atomic E-state index is 5.85. The molecule has 1 aromatic carbocycles. The van der Waals surface area contributed by atoms with E-state index in [-0.39, 0.29) is 6.04 Å². The van der Waals surface area contributed by atoms with E-state index in [1.54, 1.807) is 0 Å². The molecule has 0 spiro atoms. The van der Waals surface area contributed by atoms with E-state index >= 15 is 0 Å². The second kappa shape index (κ2) is 8.39. The molecule has 3 aliphatic rings. The monoisotopic (exact) mass is 400 g/mol. The van der Waals surface area contributed by atoms with Gasteiger partial charge in [-0.25, -0.2) is 4.31 Å². The van der Waals surface area contributed by atoms with Crippen molar-refractivity contribution >= 4 is 12.8 Å². The predicted octanol–water partition coefficient (Wildman–Crippen LogP) is 3.02. The fraction of sp³-hybridized carbons (Fsp3) is 0.545. The van der Waals surface area contributed by atoms with Crippen molar-refractivity contribution in [1.82, 2.24) is 19.8 Å². The van der Waals surface area contributed by atoms with Crippen LogP contribution in [0.4, 0.5) is 0 Å². The van der Waals surface area contributed by atoms with Crippen LogP contribution < -0.4 is 10.6 Å². The highest BCUT2D eigenvalue weighted by atomic mass is 32.1. The number of hydrogen-bond acceptors (Lipinski definition) is 6. The summed E-state index contributed by atoms with van der Waals surface area (Å²) in [7, 11) is 0. The Bertz CT molecular complexity index is 776. The Kier molecular flexibility index (Phi) is 5.90. The molecular formula is C22H32N4OS. The minimum Gasteiger partial charge on any atom is -0.476 e. The molecule has 0 aromatic heterocycles. The van der Waals surface area contributed by atoms with Crippen molar-refractivity contribution in [2.75, 3.05) is 39.3 Å². The summed E-state index contributed by atoms with van der Waals surface area (Å²) in [5.41, 5.74) is 5.31. The van der Waals surface area contributed by atoms with E-state index in [0.29, 0.717) is 12.0 Å². The van der Waals surface area contributed by atoms with E-state index in [0.717, 1.165) is 50.9 Å². The zero-order chi connectivity index (χ0) is 19.7. The number of dihydropyridines is 1. The van der Waals surface area contributed by atoms with Crippen LogP contribution in [0.2, 0.25) is 0 Å². The lowest BCUT2D eigenvalue weighted by Crippen LogP contribution is -2.47. The molecule has 28 heavy (non-hydrogen) atoms. The van der Waals surface area contributed by atoms with Gasteiger partial charge in [-0.05, 0) is 29.5 Å². The molecule has 1 fully saturated rings. The SMILES string of the molecule is CC1C=C(CN2CCN(S)C(c3ccccc3C(C)C)C2)C2=C(N1)OCCN2. The summed E-state index contributed by atoms with van der Waals surface area (Å²) in [5, 5.41) is 6.96. The molecule has 0 aliphatic carbocycles. The summed E-state index contributed by atoms with van der Waals surface area (Å²) in [5.74, 6) is 1.42. The number of thiol groups is 1. The number of piperazine rings is 1. The Hall–Kier alpha value is -1.63. The third-order valence-electron chi connectivity index (χ3n) is 5.82. The van der Waals surface area contributed by atoms with Crippen molar-refractivity contribution in [3.05, 3.63) is 58.6 Å². The zero-order valence-electron chi connectivity index (χ0n) is 17.1. The van der Waals surface area contributed by atoms with E-state index in [2.05, 4.69) is 71.0 Å². The first kappa shape index (κ1) is 19.7. The van der Waals surface area contributed by atoms with Gasteiger partial charge in [-0.2, -0.15) is 0 Å². The van der Waals surface area contributed by atoms with Gasteiger partial charge < -0.3 is 15.4 Å². The van der Waals surface area contributed by atoms with Crippen molar-refractivity contribution in [3.63, 3.8) is 0 Å². The smallest absolute Gasteiger partial charge is 0.211 e. The fourth-order valence-corrected chi connectivity index (χ4v) is 4.72. The van der Waals surface area contributed by atoms with Crippen molar-refractivity contribution in [3.8, 4) is 0 Å². The van der Waals surface area contributed by atoms with E-state index in [4.69, 9.17) is 17.6 Å². The van der Waals surface area contributed by atoms with Crippen LogP contribution in [0.3, 0.4) is 0 Å². The first-order valence-corrected chi connectivity index (χ1v) is 10.8. The van der Waals surface area contributed by atoms with Crippen molar-refractivity contribution < 1.29 is 4.74 Å². The number of benzene rings is 1. The molecule has 152 valence electrons. The third kappa shape index (κ3) is 4.04.